The van der Waals surface area contributed by atoms with Crippen molar-refractivity contribution in [2.45, 2.75) is 39.2 Å². The number of hydrogen-bond donors (Lipinski definition) is 2. The van der Waals surface area contributed by atoms with Gasteiger partial charge in [-0.15, -0.1) is 0 Å². The Morgan fingerprint density at radius 1 is 0.933 bits per heavy atom. The standard InChI is InChI=1S/C27H28N2O/c1-18(30)22-7-5-6-8-23(22)20-12-15-24-25(17-20)29-26(28-24)16-11-19-9-13-21(14-10-19)27(2,3)4/h5-18,30H,1-4H3,(H,28,29)/b16-11+. The summed E-state index contributed by atoms with van der Waals surface area (Å²) in [7, 11) is 0. The van der Waals surface area contributed by atoms with E-state index < -0.39 is 6.10 Å². The molecule has 4 rings (SSSR count). The molecule has 0 bridgehead atoms. The minimum Gasteiger partial charge on any atom is -0.389 e. The molecule has 4 aromatic rings. The number of benzene rings is 3. The number of H-pyrrole nitrogens is 1. The van der Waals surface area contributed by atoms with Crippen LogP contribution in [0.5, 0.6) is 0 Å². The van der Waals surface area contributed by atoms with Gasteiger partial charge in [-0.2, -0.15) is 0 Å². The van der Waals surface area contributed by atoms with E-state index in [-0.39, 0.29) is 5.41 Å². The molecule has 0 aliphatic rings. The molecule has 3 heteroatoms. The largest absolute Gasteiger partial charge is 0.389 e. The molecule has 0 spiro atoms. The summed E-state index contributed by atoms with van der Waals surface area (Å²) in [6.07, 6.45) is 3.57. The maximum absolute atomic E-state index is 10.1. The van der Waals surface area contributed by atoms with Crippen molar-refractivity contribution >= 4 is 23.2 Å². The van der Waals surface area contributed by atoms with E-state index >= 15 is 0 Å². The Kier molecular flexibility index (Phi) is 5.31. The first-order chi connectivity index (χ1) is 14.3. The summed E-state index contributed by atoms with van der Waals surface area (Å²) in [4.78, 5) is 8.09. The second-order valence-corrected chi connectivity index (χ2v) is 8.82. The minimum atomic E-state index is -0.512. The van der Waals surface area contributed by atoms with Gasteiger partial charge in [-0.05, 0) is 58.4 Å². The predicted octanol–water partition coefficient (Wildman–Crippen LogP) is 6.75. The van der Waals surface area contributed by atoms with Crippen LogP contribution in [0.15, 0.2) is 66.7 Å². The van der Waals surface area contributed by atoms with Gasteiger partial charge in [0.1, 0.15) is 5.82 Å². The Morgan fingerprint density at radius 3 is 2.37 bits per heavy atom. The van der Waals surface area contributed by atoms with Crippen molar-refractivity contribution in [3.63, 3.8) is 0 Å². The molecule has 2 N–H and O–H groups in total. The molecule has 0 radical (unpaired) electrons. The Balaban J connectivity index is 1.61. The van der Waals surface area contributed by atoms with Crippen LogP contribution in [0.2, 0.25) is 0 Å². The van der Waals surface area contributed by atoms with E-state index in [1.54, 1.807) is 6.92 Å². The molecule has 152 valence electrons. The van der Waals surface area contributed by atoms with Gasteiger partial charge in [0.15, 0.2) is 0 Å². The maximum Gasteiger partial charge on any atom is 0.131 e. The van der Waals surface area contributed by atoms with Gasteiger partial charge in [0.2, 0.25) is 0 Å². The van der Waals surface area contributed by atoms with E-state index in [0.717, 1.165) is 39.1 Å². The highest BCUT2D eigenvalue weighted by Gasteiger charge is 2.13. The van der Waals surface area contributed by atoms with Crippen LogP contribution in [0.4, 0.5) is 0 Å². The molecule has 30 heavy (non-hydrogen) atoms. The van der Waals surface area contributed by atoms with Crippen LogP contribution in [-0.2, 0) is 5.41 Å². The fourth-order valence-corrected chi connectivity index (χ4v) is 3.67. The van der Waals surface area contributed by atoms with Gasteiger partial charge < -0.3 is 10.1 Å². The molecule has 0 saturated carbocycles. The predicted molar refractivity (Wildman–Crippen MR) is 126 cm³/mol. The first-order valence-corrected chi connectivity index (χ1v) is 10.4. The van der Waals surface area contributed by atoms with Crippen LogP contribution in [0.1, 0.15) is 56.3 Å². The lowest BCUT2D eigenvalue weighted by atomic mass is 9.87. The van der Waals surface area contributed by atoms with Crippen molar-refractivity contribution in [2.24, 2.45) is 0 Å². The quantitative estimate of drug-likeness (QED) is 0.401. The summed E-state index contributed by atoms with van der Waals surface area (Å²) < 4.78 is 0. The lowest BCUT2D eigenvalue weighted by Gasteiger charge is -2.18. The molecule has 0 aliphatic heterocycles. The van der Waals surface area contributed by atoms with Crippen LogP contribution in [-0.4, -0.2) is 15.1 Å². The molecule has 0 saturated heterocycles. The van der Waals surface area contributed by atoms with Crippen molar-refractivity contribution in [3.8, 4) is 11.1 Å². The number of nitrogens with one attached hydrogen (secondary N) is 1. The fourth-order valence-electron chi connectivity index (χ4n) is 3.67. The van der Waals surface area contributed by atoms with Crippen molar-refractivity contribution in [2.75, 3.05) is 0 Å². The molecule has 0 amide bonds. The van der Waals surface area contributed by atoms with Gasteiger partial charge >= 0.3 is 0 Å². The summed E-state index contributed by atoms with van der Waals surface area (Å²) in [5.74, 6) is 0.825. The van der Waals surface area contributed by atoms with E-state index in [9.17, 15) is 5.11 Å². The van der Waals surface area contributed by atoms with E-state index in [0.29, 0.717) is 0 Å². The normalized spacial score (nSPS) is 13.2. The summed E-state index contributed by atoms with van der Waals surface area (Å²) in [6.45, 7) is 8.46. The Morgan fingerprint density at radius 2 is 1.67 bits per heavy atom. The van der Waals surface area contributed by atoms with Gasteiger partial charge in [-0.1, -0.05) is 81.4 Å². The zero-order valence-electron chi connectivity index (χ0n) is 18.0. The lowest BCUT2D eigenvalue weighted by molar-refractivity contribution is 0.200. The highest BCUT2D eigenvalue weighted by molar-refractivity contribution is 5.84. The molecule has 1 atom stereocenters. The smallest absolute Gasteiger partial charge is 0.131 e. The third-order valence-electron chi connectivity index (χ3n) is 5.43. The molecular formula is C27H28N2O. The Labute approximate surface area is 178 Å². The number of nitrogens with zero attached hydrogens (tertiary/aromatic N) is 1. The number of aromatic nitrogens is 2. The van der Waals surface area contributed by atoms with E-state index in [1.165, 1.54) is 5.56 Å². The molecule has 1 aromatic heterocycles. The van der Waals surface area contributed by atoms with Crippen molar-refractivity contribution < 1.29 is 5.11 Å². The first-order valence-electron chi connectivity index (χ1n) is 10.4. The van der Waals surface area contributed by atoms with Gasteiger partial charge in [-0.3, -0.25) is 0 Å². The highest BCUT2D eigenvalue weighted by atomic mass is 16.3. The Hall–Kier alpha value is -3.17. The zero-order valence-corrected chi connectivity index (χ0v) is 18.0. The van der Waals surface area contributed by atoms with Crippen LogP contribution in [0, 0.1) is 0 Å². The fraction of sp³-hybridized carbons (Fsp3) is 0.222. The molecular weight excluding hydrogens is 368 g/mol. The molecule has 3 nitrogen and oxygen atoms in total. The number of aliphatic hydroxyl groups excluding tert-OH is 1. The molecule has 1 unspecified atom stereocenters. The maximum atomic E-state index is 10.1. The van der Waals surface area contributed by atoms with Crippen molar-refractivity contribution in [1.82, 2.24) is 9.97 Å². The molecule has 0 aliphatic carbocycles. The second kappa shape index (κ2) is 7.92. The number of aliphatic hydroxyl groups is 1. The molecule has 0 fully saturated rings. The van der Waals surface area contributed by atoms with Crippen LogP contribution in [0.3, 0.4) is 0 Å². The number of aromatic amines is 1. The van der Waals surface area contributed by atoms with Crippen LogP contribution in [0.25, 0.3) is 34.3 Å². The van der Waals surface area contributed by atoms with Gasteiger partial charge in [-0.25, -0.2) is 4.98 Å². The SMILES string of the molecule is CC(O)c1ccccc1-c1ccc2nc(/C=C/c3ccc(C(C)(C)C)cc3)[nH]c2c1. The summed E-state index contributed by atoms with van der Waals surface area (Å²) in [6, 6.07) is 22.8. The second-order valence-electron chi connectivity index (χ2n) is 8.82. The van der Waals surface area contributed by atoms with Crippen molar-refractivity contribution in [3.05, 3.63) is 89.2 Å². The summed E-state index contributed by atoms with van der Waals surface area (Å²) >= 11 is 0. The molecule has 1 heterocycles. The van der Waals surface area contributed by atoms with Gasteiger partial charge in [0, 0.05) is 0 Å². The summed E-state index contributed by atoms with van der Waals surface area (Å²) in [5, 5.41) is 10.1. The topological polar surface area (TPSA) is 48.9 Å². The Bertz CT molecular complexity index is 1190. The molecule has 3 aromatic carbocycles. The van der Waals surface area contributed by atoms with Crippen LogP contribution < -0.4 is 0 Å². The zero-order chi connectivity index (χ0) is 21.3. The van der Waals surface area contributed by atoms with E-state index in [4.69, 9.17) is 0 Å². The van der Waals surface area contributed by atoms with Gasteiger partial charge in [0.25, 0.3) is 0 Å². The van der Waals surface area contributed by atoms with Gasteiger partial charge in [0.05, 0.1) is 17.1 Å². The number of fused-ring (bicyclic) bond motifs is 1. The number of imidazole rings is 1. The third kappa shape index (κ3) is 4.22. The highest BCUT2D eigenvalue weighted by Crippen LogP contribution is 2.30. The van der Waals surface area contributed by atoms with Crippen molar-refractivity contribution in [1.29, 1.82) is 0 Å². The monoisotopic (exact) mass is 396 g/mol. The third-order valence-corrected chi connectivity index (χ3v) is 5.43. The lowest BCUT2D eigenvalue weighted by Crippen LogP contribution is -2.10. The average Bonchev–Trinajstić information content (AvgIpc) is 3.14. The summed E-state index contributed by atoms with van der Waals surface area (Å²) in [5.41, 5.74) is 7.58. The number of rotatable bonds is 4. The average molecular weight is 397 g/mol. The number of hydrogen-bond acceptors (Lipinski definition) is 2. The first kappa shape index (κ1) is 20.1. The van der Waals surface area contributed by atoms with E-state index in [1.807, 2.05) is 36.4 Å². The van der Waals surface area contributed by atoms with Crippen LogP contribution >= 0.6 is 0 Å². The minimum absolute atomic E-state index is 0.158. The van der Waals surface area contributed by atoms with E-state index in [2.05, 4.69) is 73.2 Å².